The lowest BCUT2D eigenvalue weighted by atomic mass is 9.87. The topological polar surface area (TPSA) is 56.3 Å². The summed E-state index contributed by atoms with van der Waals surface area (Å²) in [4.78, 5) is 8.85. The molecule has 0 atom stereocenters. The Labute approximate surface area is 151 Å². The van der Waals surface area contributed by atoms with Gasteiger partial charge in [-0.3, -0.25) is 0 Å². The van der Waals surface area contributed by atoms with Crippen LogP contribution in [0.3, 0.4) is 0 Å². The summed E-state index contributed by atoms with van der Waals surface area (Å²) in [6.45, 7) is -0.561. The van der Waals surface area contributed by atoms with E-state index in [0.29, 0.717) is 23.4 Å². The molecule has 3 rings (SSSR count). The summed E-state index contributed by atoms with van der Waals surface area (Å²) in [7, 11) is 1.55. The zero-order valence-electron chi connectivity index (χ0n) is 14.9. The molecule has 1 N–H and O–H groups in total. The van der Waals surface area contributed by atoms with Gasteiger partial charge in [-0.15, -0.1) is 0 Å². The number of nitrogens with zero attached hydrogens (tertiary/aromatic N) is 2. The minimum absolute atomic E-state index is 0.105. The third kappa shape index (κ3) is 4.59. The SMILES string of the molecule is COc1nc(N[C@H]2CC[C@H](C)CC2)ncc1-c1ccc(OC(F)F)cc1. The van der Waals surface area contributed by atoms with Crippen LogP contribution in [0, 0.1) is 5.92 Å². The highest BCUT2D eigenvalue weighted by Crippen LogP contribution is 2.31. The number of benzene rings is 1. The molecule has 0 spiro atoms. The summed E-state index contributed by atoms with van der Waals surface area (Å²) < 4.78 is 34.3. The summed E-state index contributed by atoms with van der Waals surface area (Å²) in [6, 6.07) is 6.70. The van der Waals surface area contributed by atoms with Crippen molar-refractivity contribution in [2.45, 2.75) is 45.3 Å². The van der Waals surface area contributed by atoms with E-state index in [0.717, 1.165) is 24.3 Å². The third-order valence-electron chi connectivity index (χ3n) is 4.69. The van der Waals surface area contributed by atoms with Gasteiger partial charge in [0.2, 0.25) is 11.8 Å². The first-order chi connectivity index (χ1) is 12.5. The number of methoxy groups -OCH3 is 1. The number of ether oxygens (including phenoxy) is 2. The highest BCUT2D eigenvalue weighted by molar-refractivity contribution is 5.69. The van der Waals surface area contributed by atoms with Crippen molar-refractivity contribution in [1.82, 2.24) is 9.97 Å². The second-order valence-electron chi connectivity index (χ2n) is 6.62. The lowest BCUT2D eigenvalue weighted by Gasteiger charge is -2.27. The van der Waals surface area contributed by atoms with Crippen molar-refractivity contribution in [3.63, 3.8) is 0 Å². The third-order valence-corrected chi connectivity index (χ3v) is 4.69. The van der Waals surface area contributed by atoms with Gasteiger partial charge >= 0.3 is 6.61 Å². The molecule has 140 valence electrons. The molecule has 1 heterocycles. The van der Waals surface area contributed by atoms with Gasteiger partial charge < -0.3 is 14.8 Å². The van der Waals surface area contributed by atoms with Crippen molar-refractivity contribution < 1.29 is 18.3 Å². The molecule has 0 unspecified atom stereocenters. The van der Waals surface area contributed by atoms with Gasteiger partial charge in [-0.05, 0) is 49.3 Å². The molecule has 1 aliphatic carbocycles. The molecular formula is C19H23F2N3O2. The summed E-state index contributed by atoms with van der Waals surface area (Å²) in [5.74, 6) is 1.87. The van der Waals surface area contributed by atoms with Gasteiger partial charge in [0.15, 0.2) is 0 Å². The van der Waals surface area contributed by atoms with Crippen molar-refractivity contribution in [2.24, 2.45) is 5.92 Å². The van der Waals surface area contributed by atoms with Crippen molar-refractivity contribution in [1.29, 1.82) is 0 Å². The number of aromatic nitrogens is 2. The first-order valence-electron chi connectivity index (χ1n) is 8.78. The zero-order valence-corrected chi connectivity index (χ0v) is 14.9. The quantitative estimate of drug-likeness (QED) is 0.803. The van der Waals surface area contributed by atoms with Crippen LogP contribution in [0.1, 0.15) is 32.6 Å². The van der Waals surface area contributed by atoms with Crippen LogP contribution in [0.25, 0.3) is 11.1 Å². The average molecular weight is 363 g/mol. The number of rotatable bonds is 6. The first-order valence-corrected chi connectivity index (χ1v) is 8.78. The summed E-state index contributed by atoms with van der Waals surface area (Å²) in [5, 5.41) is 3.38. The van der Waals surface area contributed by atoms with Crippen molar-refractivity contribution >= 4 is 5.95 Å². The molecule has 1 aromatic carbocycles. The summed E-state index contributed by atoms with van der Waals surface area (Å²) in [6.07, 6.45) is 6.32. The summed E-state index contributed by atoms with van der Waals surface area (Å²) in [5.41, 5.74) is 1.46. The minimum Gasteiger partial charge on any atom is -0.480 e. The largest absolute Gasteiger partial charge is 0.480 e. The Morgan fingerprint density at radius 1 is 1.12 bits per heavy atom. The van der Waals surface area contributed by atoms with Crippen LogP contribution in [0.15, 0.2) is 30.5 Å². The fourth-order valence-electron chi connectivity index (χ4n) is 3.19. The van der Waals surface area contributed by atoms with E-state index in [1.807, 2.05) is 0 Å². The Kier molecular flexibility index (Phi) is 5.85. The highest BCUT2D eigenvalue weighted by atomic mass is 19.3. The van der Waals surface area contributed by atoms with E-state index in [9.17, 15) is 8.78 Å². The maximum atomic E-state index is 12.3. The van der Waals surface area contributed by atoms with E-state index in [-0.39, 0.29) is 5.75 Å². The van der Waals surface area contributed by atoms with E-state index in [1.165, 1.54) is 25.0 Å². The fraction of sp³-hybridized carbons (Fsp3) is 0.474. The Hall–Kier alpha value is -2.44. The highest BCUT2D eigenvalue weighted by Gasteiger charge is 2.19. The second kappa shape index (κ2) is 8.29. The number of hydrogen-bond donors (Lipinski definition) is 1. The molecule has 1 fully saturated rings. The molecule has 26 heavy (non-hydrogen) atoms. The van der Waals surface area contributed by atoms with E-state index in [2.05, 4.69) is 26.9 Å². The molecule has 0 amide bonds. The number of halogens is 2. The van der Waals surface area contributed by atoms with Crippen molar-refractivity contribution in [3.8, 4) is 22.8 Å². The first kappa shape index (κ1) is 18.4. The smallest absolute Gasteiger partial charge is 0.387 e. The summed E-state index contributed by atoms with van der Waals surface area (Å²) >= 11 is 0. The van der Waals surface area contributed by atoms with Crippen LogP contribution < -0.4 is 14.8 Å². The predicted octanol–water partition coefficient (Wildman–Crippen LogP) is 4.74. The monoisotopic (exact) mass is 363 g/mol. The Morgan fingerprint density at radius 3 is 2.42 bits per heavy atom. The van der Waals surface area contributed by atoms with Crippen LogP contribution >= 0.6 is 0 Å². The van der Waals surface area contributed by atoms with Gasteiger partial charge in [0.1, 0.15) is 5.75 Å². The van der Waals surface area contributed by atoms with Gasteiger partial charge in [-0.2, -0.15) is 13.8 Å². The molecule has 0 bridgehead atoms. The Morgan fingerprint density at radius 2 is 1.81 bits per heavy atom. The predicted molar refractivity (Wildman–Crippen MR) is 95.7 cm³/mol. The van der Waals surface area contributed by atoms with Crippen molar-refractivity contribution in [2.75, 3.05) is 12.4 Å². The van der Waals surface area contributed by atoms with Crippen LogP contribution in [0.2, 0.25) is 0 Å². The molecule has 7 heteroatoms. The van der Waals surface area contributed by atoms with E-state index >= 15 is 0 Å². The van der Waals surface area contributed by atoms with Gasteiger partial charge in [-0.25, -0.2) is 4.98 Å². The second-order valence-corrected chi connectivity index (χ2v) is 6.62. The lowest BCUT2D eigenvalue weighted by molar-refractivity contribution is -0.0498. The van der Waals surface area contributed by atoms with Gasteiger partial charge in [0.05, 0.1) is 12.7 Å². The molecule has 1 aliphatic rings. The molecule has 2 aromatic rings. The van der Waals surface area contributed by atoms with Gasteiger partial charge in [-0.1, -0.05) is 19.1 Å². The maximum Gasteiger partial charge on any atom is 0.387 e. The average Bonchev–Trinajstić information content (AvgIpc) is 2.64. The molecule has 0 saturated heterocycles. The standard InChI is InChI=1S/C19H23F2N3O2/c1-12-3-7-14(8-4-12)23-19-22-11-16(17(24-19)25-2)13-5-9-15(10-6-13)26-18(20)21/h5-6,9-12,14,18H,3-4,7-8H2,1-2H3,(H,22,23,24)/t12-,14-. The van der Waals surface area contributed by atoms with E-state index in [1.54, 1.807) is 25.4 Å². The number of hydrogen-bond acceptors (Lipinski definition) is 5. The normalized spacial score (nSPS) is 20.0. The number of nitrogens with one attached hydrogen (secondary N) is 1. The van der Waals surface area contributed by atoms with Gasteiger partial charge in [0, 0.05) is 12.2 Å². The van der Waals surface area contributed by atoms with Gasteiger partial charge in [0.25, 0.3) is 0 Å². The molecular weight excluding hydrogens is 340 g/mol. The van der Waals surface area contributed by atoms with Crippen LogP contribution in [0.5, 0.6) is 11.6 Å². The minimum atomic E-state index is -2.84. The fourth-order valence-corrected chi connectivity index (χ4v) is 3.19. The van der Waals surface area contributed by atoms with Crippen molar-refractivity contribution in [3.05, 3.63) is 30.5 Å². The van der Waals surface area contributed by atoms with E-state index < -0.39 is 6.61 Å². The Bertz CT molecular complexity index is 717. The maximum absolute atomic E-state index is 12.3. The Balaban J connectivity index is 1.74. The lowest BCUT2D eigenvalue weighted by Crippen LogP contribution is -2.26. The zero-order chi connectivity index (χ0) is 18.5. The molecule has 0 radical (unpaired) electrons. The van der Waals surface area contributed by atoms with Crippen LogP contribution in [0.4, 0.5) is 14.7 Å². The molecule has 5 nitrogen and oxygen atoms in total. The molecule has 1 aromatic heterocycles. The molecule has 0 aliphatic heterocycles. The number of anilines is 1. The van der Waals surface area contributed by atoms with Crippen LogP contribution in [-0.4, -0.2) is 29.7 Å². The number of alkyl halides is 2. The van der Waals surface area contributed by atoms with Crippen LogP contribution in [-0.2, 0) is 0 Å². The van der Waals surface area contributed by atoms with E-state index in [4.69, 9.17) is 4.74 Å². The molecule has 1 saturated carbocycles.